The molecule has 1 amide bonds. The summed E-state index contributed by atoms with van der Waals surface area (Å²) in [6.45, 7) is -0.232. The van der Waals surface area contributed by atoms with E-state index >= 15 is 0 Å². The van der Waals surface area contributed by atoms with Crippen LogP contribution in [0.5, 0.6) is 17.2 Å². The molecule has 1 N–H and O–H groups in total. The van der Waals surface area contributed by atoms with Crippen molar-refractivity contribution in [3.05, 3.63) is 76.3 Å². The fourth-order valence-corrected chi connectivity index (χ4v) is 4.72. The second kappa shape index (κ2) is 9.10. The van der Waals surface area contributed by atoms with E-state index in [-0.39, 0.29) is 29.5 Å². The molecule has 0 saturated carbocycles. The maximum Gasteiger partial charge on any atom is 0.411 e. The zero-order valence-electron chi connectivity index (χ0n) is 19.8. The molecule has 0 bridgehead atoms. The summed E-state index contributed by atoms with van der Waals surface area (Å²) in [4.78, 5) is 23.8. The largest absolute Gasteiger partial charge is 0.492 e. The van der Waals surface area contributed by atoms with Crippen LogP contribution in [-0.2, 0) is 11.3 Å². The molecule has 0 aromatic heterocycles. The van der Waals surface area contributed by atoms with Gasteiger partial charge in [0.15, 0.2) is 5.75 Å². The predicted octanol–water partition coefficient (Wildman–Crippen LogP) is 6.17. The first-order valence-electron chi connectivity index (χ1n) is 11.0. The summed E-state index contributed by atoms with van der Waals surface area (Å²) in [5.41, 5.74) is 4.79. The molecule has 182 valence electrons. The standard InChI is InChI=1S/C27H22N2O7/c1-33-21-13-16(25(34-2)26(35-3)24(21)29(31)32)14-36-27(30)28-20-12-11-15-7-6-10-18-17-8-4-5-9-19(17)23(20)22(15)18/h4-13H,14H2,1-3H3,(H,28,30). The Bertz CT molecular complexity index is 1530. The van der Waals surface area contributed by atoms with Crippen molar-refractivity contribution in [1.29, 1.82) is 0 Å². The van der Waals surface area contributed by atoms with E-state index in [1.165, 1.54) is 27.4 Å². The maximum atomic E-state index is 12.9. The van der Waals surface area contributed by atoms with E-state index in [2.05, 4.69) is 17.4 Å². The molecule has 0 unspecified atom stereocenters. The molecule has 0 fully saturated rings. The number of carbonyl (C=O) groups excluding carboxylic acids is 1. The van der Waals surface area contributed by atoms with Gasteiger partial charge in [-0.15, -0.1) is 0 Å². The third-order valence-corrected chi connectivity index (χ3v) is 6.19. The molecule has 0 spiro atoms. The van der Waals surface area contributed by atoms with E-state index in [1.807, 2.05) is 42.5 Å². The van der Waals surface area contributed by atoms with Gasteiger partial charge in [-0.05, 0) is 39.6 Å². The third kappa shape index (κ3) is 3.61. The third-order valence-electron chi connectivity index (χ3n) is 6.19. The van der Waals surface area contributed by atoms with Gasteiger partial charge in [0, 0.05) is 11.1 Å². The second-order valence-corrected chi connectivity index (χ2v) is 8.05. The van der Waals surface area contributed by atoms with Crippen LogP contribution in [0.25, 0.3) is 33.0 Å². The summed E-state index contributed by atoms with van der Waals surface area (Å²) in [7, 11) is 3.94. The molecule has 0 aliphatic heterocycles. The van der Waals surface area contributed by atoms with Crippen molar-refractivity contribution in [1.82, 2.24) is 0 Å². The van der Waals surface area contributed by atoms with Crippen molar-refractivity contribution in [3.63, 3.8) is 0 Å². The Morgan fingerprint density at radius 2 is 1.61 bits per heavy atom. The summed E-state index contributed by atoms with van der Waals surface area (Å²) < 4.78 is 21.2. The molecular weight excluding hydrogens is 464 g/mol. The molecule has 9 nitrogen and oxygen atoms in total. The van der Waals surface area contributed by atoms with Gasteiger partial charge in [-0.3, -0.25) is 15.4 Å². The molecule has 1 aliphatic rings. The number of fused-ring (bicyclic) bond motifs is 3. The average molecular weight is 486 g/mol. The number of ether oxygens (including phenoxy) is 4. The van der Waals surface area contributed by atoms with Crippen molar-refractivity contribution in [2.45, 2.75) is 6.61 Å². The van der Waals surface area contributed by atoms with Crippen molar-refractivity contribution in [2.75, 3.05) is 26.6 Å². The number of rotatable bonds is 7. The first-order chi connectivity index (χ1) is 17.5. The molecule has 9 heteroatoms. The number of methoxy groups -OCH3 is 3. The summed E-state index contributed by atoms with van der Waals surface area (Å²) in [6, 6.07) is 19.4. The number of nitro benzene ring substituents is 1. The summed E-state index contributed by atoms with van der Waals surface area (Å²) in [5, 5.41) is 16.5. The van der Waals surface area contributed by atoms with Gasteiger partial charge in [-0.2, -0.15) is 0 Å². The number of nitrogens with zero attached hydrogens (tertiary/aromatic N) is 1. The first-order valence-corrected chi connectivity index (χ1v) is 11.0. The van der Waals surface area contributed by atoms with Gasteiger partial charge < -0.3 is 18.9 Å². The van der Waals surface area contributed by atoms with Crippen LogP contribution in [0.4, 0.5) is 16.2 Å². The fourth-order valence-electron chi connectivity index (χ4n) is 4.72. The van der Waals surface area contributed by atoms with Crippen molar-refractivity contribution < 1.29 is 28.7 Å². The number of nitrogens with one attached hydrogen (secondary N) is 1. The van der Waals surface area contributed by atoms with Crippen LogP contribution >= 0.6 is 0 Å². The number of hydrogen-bond donors (Lipinski definition) is 1. The topological polar surface area (TPSA) is 109 Å². The predicted molar refractivity (Wildman–Crippen MR) is 135 cm³/mol. The Balaban J connectivity index is 1.45. The lowest BCUT2D eigenvalue weighted by Crippen LogP contribution is -2.15. The number of hydrogen-bond acceptors (Lipinski definition) is 7. The maximum absolute atomic E-state index is 12.9. The van der Waals surface area contributed by atoms with Gasteiger partial charge in [0.25, 0.3) is 0 Å². The van der Waals surface area contributed by atoms with Gasteiger partial charge in [0.05, 0.1) is 31.9 Å². The molecule has 4 aromatic carbocycles. The molecule has 0 radical (unpaired) electrons. The molecule has 0 atom stereocenters. The smallest absolute Gasteiger partial charge is 0.411 e. The second-order valence-electron chi connectivity index (χ2n) is 8.05. The Morgan fingerprint density at radius 3 is 2.31 bits per heavy atom. The normalized spacial score (nSPS) is 11.1. The van der Waals surface area contributed by atoms with Crippen LogP contribution in [0.3, 0.4) is 0 Å². The monoisotopic (exact) mass is 486 g/mol. The number of benzene rings is 4. The number of carbonyl (C=O) groups is 1. The molecule has 0 heterocycles. The highest BCUT2D eigenvalue weighted by Gasteiger charge is 2.30. The van der Waals surface area contributed by atoms with Gasteiger partial charge in [0.1, 0.15) is 6.61 Å². The van der Waals surface area contributed by atoms with Gasteiger partial charge in [-0.1, -0.05) is 48.5 Å². The van der Waals surface area contributed by atoms with Crippen molar-refractivity contribution in [3.8, 4) is 39.5 Å². The van der Waals surface area contributed by atoms with Crippen LogP contribution < -0.4 is 19.5 Å². The fraction of sp³-hybridized carbons (Fsp3) is 0.148. The van der Waals surface area contributed by atoms with E-state index in [0.717, 1.165) is 33.0 Å². The first kappa shape index (κ1) is 23.0. The average Bonchev–Trinajstić information content (AvgIpc) is 3.24. The Hall–Kier alpha value is -4.79. The van der Waals surface area contributed by atoms with Crippen LogP contribution in [0.2, 0.25) is 0 Å². The number of anilines is 1. The van der Waals surface area contributed by atoms with Crippen LogP contribution in [-0.4, -0.2) is 32.3 Å². The summed E-state index contributed by atoms with van der Waals surface area (Å²) in [6.07, 6.45) is -0.689. The molecule has 0 saturated heterocycles. The van der Waals surface area contributed by atoms with Gasteiger partial charge in [0.2, 0.25) is 11.5 Å². The molecule has 5 rings (SSSR count). The van der Waals surface area contributed by atoms with Crippen molar-refractivity contribution in [2.24, 2.45) is 0 Å². The zero-order chi connectivity index (χ0) is 25.4. The van der Waals surface area contributed by atoms with E-state index in [0.29, 0.717) is 11.3 Å². The van der Waals surface area contributed by atoms with Crippen LogP contribution in [0, 0.1) is 10.1 Å². The Morgan fingerprint density at radius 1 is 0.889 bits per heavy atom. The molecule has 1 aliphatic carbocycles. The summed E-state index contributed by atoms with van der Waals surface area (Å²) >= 11 is 0. The molecular formula is C27H22N2O7. The number of amides is 1. The highest BCUT2D eigenvalue weighted by Crippen LogP contribution is 2.50. The quantitative estimate of drug-likeness (QED) is 0.216. The van der Waals surface area contributed by atoms with Crippen LogP contribution in [0.15, 0.2) is 60.7 Å². The van der Waals surface area contributed by atoms with Crippen molar-refractivity contribution >= 4 is 28.2 Å². The minimum Gasteiger partial charge on any atom is -0.492 e. The Labute approximate surface area is 206 Å². The molecule has 4 aromatic rings. The zero-order valence-corrected chi connectivity index (χ0v) is 19.8. The van der Waals surface area contributed by atoms with E-state index in [4.69, 9.17) is 18.9 Å². The Kier molecular flexibility index (Phi) is 5.81. The highest BCUT2D eigenvalue weighted by molar-refractivity contribution is 6.19. The van der Waals surface area contributed by atoms with E-state index < -0.39 is 11.0 Å². The number of nitro groups is 1. The highest BCUT2D eigenvalue weighted by atomic mass is 16.6. The minimum atomic E-state index is -0.689. The lowest BCUT2D eigenvalue weighted by molar-refractivity contribution is -0.386. The van der Waals surface area contributed by atoms with E-state index in [9.17, 15) is 14.9 Å². The van der Waals surface area contributed by atoms with Gasteiger partial charge >= 0.3 is 11.8 Å². The minimum absolute atomic E-state index is 0.0384. The van der Waals surface area contributed by atoms with E-state index in [1.54, 1.807) is 0 Å². The lowest BCUT2D eigenvalue weighted by atomic mass is 10.0. The molecule has 36 heavy (non-hydrogen) atoms. The van der Waals surface area contributed by atoms with Gasteiger partial charge in [-0.25, -0.2) is 4.79 Å². The lowest BCUT2D eigenvalue weighted by Gasteiger charge is -2.16. The SMILES string of the molecule is COc1cc(COC(=O)Nc2ccc3cccc4c3c2-c2ccccc2-4)c(OC)c(OC)c1[N+](=O)[O-]. The summed E-state index contributed by atoms with van der Waals surface area (Å²) in [5.74, 6) is -0.0723. The van der Waals surface area contributed by atoms with Crippen LogP contribution in [0.1, 0.15) is 5.56 Å².